The van der Waals surface area contributed by atoms with Crippen molar-refractivity contribution in [3.05, 3.63) is 0 Å². The first-order chi connectivity index (χ1) is 8.54. The molecule has 0 aromatic rings. The predicted molar refractivity (Wildman–Crippen MR) is 96.4 cm³/mol. The van der Waals surface area contributed by atoms with Crippen LogP contribution in [-0.2, 0) is 8.23 Å². The average molecular weight is 340 g/mol. The summed E-state index contributed by atoms with van der Waals surface area (Å²) < 4.78 is 12.9. The highest BCUT2D eigenvalue weighted by Crippen LogP contribution is 2.25. The summed E-state index contributed by atoms with van der Waals surface area (Å²) in [5, 5.41) is 0. The molecule has 2 N–H and O–H groups in total. The Morgan fingerprint density at radius 1 is 0.842 bits per heavy atom. The van der Waals surface area contributed by atoms with Crippen molar-refractivity contribution in [3.8, 4) is 0 Å². The van der Waals surface area contributed by atoms with E-state index in [0.29, 0.717) is 0 Å². The van der Waals surface area contributed by atoms with Crippen molar-refractivity contribution in [1.82, 2.24) is 0 Å². The minimum Gasteiger partial charge on any atom is -0.437 e. The third-order valence-corrected chi connectivity index (χ3v) is 14.7. The van der Waals surface area contributed by atoms with E-state index < -0.39 is 25.2 Å². The van der Waals surface area contributed by atoms with Crippen LogP contribution >= 0.6 is 12.6 Å². The summed E-state index contributed by atoms with van der Waals surface area (Å²) in [5.74, 6) is 0.944. The molecule has 0 rings (SSSR count). The summed E-state index contributed by atoms with van der Waals surface area (Å²) in [7, 11) is -5.25. The Bertz CT molecular complexity index is 239. The normalized spacial score (nSPS) is 13.9. The topological polar surface area (TPSA) is 44.5 Å². The van der Waals surface area contributed by atoms with Crippen LogP contribution in [0, 0.1) is 0 Å². The molecular weight excluding hydrogens is 306 g/mol. The van der Waals surface area contributed by atoms with Crippen LogP contribution < -0.4 is 5.73 Å². The molecular formula is C12H33NO2SSi3. The number of nitrogens with two attached hydrogens (primary N) is 1. The molecule has 0 amide bonds. The summed E-state index contributed by atoms with van der Waals surface area (Å²) in [4.78, 5) is 0. The van der Waals surface area contributed by atoms with Gasteiger partial charge in [0.25, 0.3) is 0 Å². The molecule has 0 fully saturated rings. The first kappa shape index (κ1) is 19.9. The van der Waals surface area contributed by atoms with Crippen molar-refractivity contribution in [2.75, 3.05) is 12.3 Å². The van der Waals surface area contributed by atoms with Gasteiger partial charge >= 0.3 is 8.56 Å². The van der Waals surface area contributed by atoms with Crippen LogP contribution in [0.25, 0.3) is 0 Å². The Hall–Kier alpha value is 0.881. The lowest BCUT2D eigenvalue weighted by molar-refractivity contribution is 0.387. The number of hydrogen-bond acceptors (Lipinski definition) is 4. The Balaban J connectivity index is 4.44. The zero-order valence-corrected chi connectivity index (χ0v) is 17.5. The van der Waals surface area contributed by atoms with Crippen molar-refractivity contribution < 1.29 is 8.23 Å². The molecule has 0 spiro atoms. The van der Waals surface area contributed by atoms with Gasteiger partial charge in [-0.15, -0.1) is 0 Å². The zero-order valence-electron chi connectivity index (χ0n) is 13.6. The molecule has 0 aromatic carbocycles. The highest BCUT2D eigenvalue weighted by Gasteiger charge is 2.38. The van der Waals surface area contributed by atoms with Gasteiger partial charge in [0.1, 0.15) is 0 Å². The van der Waals surface area contributed by atoms with Gasteiger partial charge in [-0.25, -0.2) is 0 Å². The van der Waals surface area contributed by atoms with Crippen molar-refractivity contribution >= 4 is 37.8 Å². The monoisotopic (exact) mass is 339 g/mol. The fourth-order valence-corrected chi connectivity index (χ4v) is 17.0. The van der Waals surface area contributed by atoms with Gasteiger partial charge < -0.3 is 14.0 Å². The van der Waals surface area contributed by atoms with Gasteiger partial charge in [-0.05, 0) is 76.5 Å². The van der Waals surface area contributed by atoms with Crippen molar-refractivity contribution in [1.29, 1.82) is 0 Å². The van der Waals surface area contributed by atoms with Gasteiger partial charge in [0.05, 0.1) is 0 Å². The van der Waals surface area contributed by atoms with E-state index in [1.807, 2.05) is 0 Å². The maximum absolute atomic E-state index is 6.47. The lowest BCUT2D eigenvalue weighted by atomic mass is 10.5. The smallest absolute Gasteiger partial charge is 0.311 e. The second kappa shape index (κ2) is 8.35. The molecule has 0 bridgehead atoms. The first-order valence-electron chi connectivity index (χ1n) is 7.25. The number of rotatable bonds is 10. The zero-order chi connectivity index (χ0) is 15.2. The minimum absolute atomic E-state index is 0.755. The maximum Gasteiger partial charge on any atom is 0.311 e. The van der Waals surface area contributed by atoms with E-state index in [0.717, 1.165) is 31.2 Å². The van der Waals surface area contributed by atoms with Crippen LogP contribution in [0.1, 0.15) is 12.8 Å². The molecule has 116 valence electrons. The standard InChI is InChI=1S/C12H33NO2SSi3/c1-17(2,11-7-9-13)14-19(5,6)15-18(3,4)12-8-10-16/h16H,7-13H2,1-6H3. The third-order valence-electron chi connectivity index (χ3n) is 2.96. The van der Waals surface area contributed by atoms with E-state index >= 15 is 0 Å². The second-order valence-electron chi connectivity index (χ2n) is 6.84. The number of hydrogen-bond donors (Lipinski definition) is 2. The lowest BCUT2D eigenvalue weighted by Crippen LogP contribution is -2.52. The first-order valence-corrected chi connectivity index (χ1v) is 16.9. The molecule has 0 radical (unpaired) electrons. The van der Waals surface area contributed by atoms with Crippen LogP contribution in [-0.4, -0.2) is 37.5 Å². The highest BCUT2D eigenvalue weighted by molar-refractivity contribution is 7.80. The van der Waals surface area contributed by atoms with E-state index in [1.165, 1.54) is 6.04 Å². The van der Waals surface area contributed by atoms with E-state index in [1.54, 1.807) is 0 Å². The quantitative estimate of drug-likeness (QED) is 0.470. The summed E-state index contributed by atoms with van der Waals surface area (Å²) in [6, 6.07) is 2.29. The van der Waals surface area contributed by atoms with Crippen molar-refractivity contribution in [2.24, 2.45) is 5.73 Å². The predicted octanol–water partition coefficient (Wildman–Crippen LogP) is 3.80. The fraction of sp³-hybridized carbons (Fsp3) is 1.00. The Labute approximate surface area is 128 Å². The lowest BCUT2D eigenvalue weighted by Gasteiger charge is -2.38. The average Bonchev–Trinajstić information content (AvgIpc) is 2.20. The molecule has 7 heteroatoms. The Morgan fingerprint density at radius 3 is 1.63 bits per heavy atom. The molecule has 19 heavy (non-hydrogen) atoms. The Kier molecular flexibility index (Phi) is 8.74. The van der Waals surface area contributed by atoms with Crippen LogP contribution in [0.3, 0.4) is 0 Å². The minimum atomic E-state index is -2.02. The molecule has 0 saturated heterocycles. The second-order valence-corrected chi connectivity index (χ2v) is 19.8. The van der Waals surface area contributed by atoms with Crippen LogP contribution in [0.15, 0.2) is 0 Å². The molecule has 0 aliphatic carbocycles. The van der Waals surface area contributed by atoms with E-state index in [9.17, 15) is 0 Å². The van der Waals surface area contributed by atoms with Gasteiger partial charge in [0.15, 0.2) is 16.6 Å². The van der Waals surface area contributed by atoms with Gasteiger partial charge in [-0.3, -0.25) is 0 Å². The third kappa shape index (κ3) is 10.3. The van der Waals surface area contributed by atoms with Crippen LogP contribution in [0.2, 0.25) is 51.4 Å². The van der Waals surface area contributed by atoms with Crippen molar-refractivity contribution in [2.45, 2.75) is 64.2 Å². The van der Waals surface area contributed by atoms with Gasteiger partial charge in [-0.1, -0.05) is 0 Å². The fourth-order valence-electron chi connectivity index (χ4n) is 2.49. The van der Waals surface area contributed by atoms with Gasteiger partial charge in [0.2, 0.25) is 0 Å². The molecule has 0 saturated carbocycles. The highest BCUT2D eigenvalue weighted by atomic mass is 32.1. The Morgan fingerprint density at radius 2 is 1.26 bits per heavy atom. The maximum atomic E-state index is 6.47. The summed E-state index contributed by atoms with van der Waals surface area (Å²) in [5.41, 5.74) is 5.60. The molecule has 0 aromatic heterocycles. The van der Waals surface area contributed by atoms with E-state index in [4.69, 9.17) is 14.0 Å². The summed E-state index contributed by atoms with van der Waals surface area (Å²) in [6.07, 6.45) is 2.20. The SMILES string of the molecule is C[Si](C)(CCCN)O[Si](C)(C)O[Si](C)(C)CCCS. The molecule has 3 nitrogen and oxygen atoms in total. The van der Waals surface area contributed by atoms with Crippen LogP contribution in [0.5, 0.6) is 0 Å². The molecule has 0 aliphatic rings. The van der Waals surface area contributed by atoms with Crippen LogP contribution in [0.4, 0.5) is 0 Å². The van der Waals surface area contributed by atoms with Gasteiger partial charge in [-0.2, -0.15) is 12.6 Å². The summed E-state index contributed by atoms with van der Waals surface area (Å²) in [6.45, 7) is 14.3. The molecule has 0 unspecified atom stereocenters. The molecule has 0 atom stereocenters. The molecule has 0 heterocycles. The largest absolute Gasteiger partial charge is 0.437 e. The summed E-state index contributed by atoms with van der Waals surface area (Å²) >= 11 is 4.29. The van der Waals surface area contributed by atoms with E-state index in [2.05, 4.69) is 51.9 Å². The van der Waals surface area contributed by atoms with Gasteiger partial charge in [0, 0.05) is 0 Å². The molecule has 0 aliphatic heterocycles. The van der Waals surface area contributed by atoms with Crippen molar-refractivity contribution in [3.63, 3.8) is 0 Å². The van der Waals surface area contributed by atoms with E-state index in [-0.39, 0.29) is 0 Å². The number of thiol groups is 1.